The van der Waals surface area contributed by atoms with Crippen LogP contribution < -0.4 is 0 Å². The molecule has 0 aromatic rings. The van der Waals surface area contributed by atoms with Crippen molar-refractivity contribution in [3.8, 4) is 0 Å². The van der Waals surface area contributed by atoms with Gasteiger partial charge in [0, 0.05) is 11.7 Å². The Hall–Kier alpha value is 0.509. The minimum absolute atomic E-state index is 0.279. The first-order valence-corrected chi connectivity index (χ1v) is 13.7. The predicted molar refractivity (Wildman–Crippen MR) is 110 cm³/mol. The van der Waals surface area contributed by atoms with Gasteiger partial charge in [0.05, 0.1) is 0 Å². The van der Waals surface area contributed by atoms with E-state index in [4.69, 9.17) is 10.2 Å². The number of carboxylic acids is 2. The van der Waals surface area contributed by atoms with Crippen LogP contribution in [0.5, 0.6) is 0 Å². The Morgan fingerprint density at radius 1 is 1.08 bits per heavy atom. The summed E-state index contributed by atoms with van der Waals surface area (Å²) in [6, 6.07) is 0. The molecule has 0 radical (unpaired) electrons. The van der Waals surface area contributed by atoms with E-state index in [-0.39, 0.29) is 6.42 Å². The van der Waals surface area contributed by atoms with Gasteiger partial charge in [0.15, 0.2) is 0 Å². The fourth-order valence-electron chi connectivity index (χ4n) is 2.16. The average Bonchev–Trinajstić information content (AvgIpc) is 3.02. The van der Waals surface area contributed by atoms with Gasteiger partial charge >= 0.3 is 88.5 Å². The molecule has 1 fully saturated rings. The zero-order valence-electron chi connectivity index (χ0n) is 14.1. The molecule has 2 unspecified atom stereocenters. The first-order chi connectivity index (χ1) is 11.5. The molecule has 0 bridgehead atoms. The van der Waals surface area contributed by atoms with Crippen LogP contribution in [0.1, 0.15) is 64.2 Å². The van der Waals surface area contributed by atoms with E-state index in [2.05, 4.69) is 35.4 Å². The zero-order chi connectivity index (χ0) is 18.2. The first-order valence-electron chi connectivity index (χ1n) is 8.46. The molecule has 8 heteroatoms. The van der Waals surface area contributed by atoms with Crippen molar-refractivity contribution in [2.24, 2.45) is 0 Å². The Kier molecular flexibility index (Phi) is 17.3. The number of rotatable bonds is 12. The summed E-state index contributed by atoms with van der Waals surface area (Å²) in [5, 5.41) is 19.4. The van der Waals surface area contributed by atoms with E-state index < -0.39 is 11.9 Å². The minimum atomic E-state index is -0.708. The average molecular weight is 462 g/mol. The molecule has 1 aliphatic rings. The molecule has 2 atom stereocenters. The standard InChI is InChI=1S/C8H16O2S2.C8H14O2SSe/c9-8(10)4-2-1-3-7(12)5-6-11;9-8(10)4-2-1-3-7-5-6-12-11-7/h7,11-12H,1-6H2,(H,9,10);7H,1-6H2,(H,9,10). The number of carbonyl (C=O) groups is 2. The van der Waals surface area contributed by atoms with Crippen molar-refractivity contribution in [2.45, 2.75) is 80.0 Å². The third-order valence-corrected chi connectivity index (χ3v) is 9.47. The summed E-state index contributed by atoms with van der Waals surface area (Å²) in [5.74, 6) is -0.509. The van der Waals surface area contributed by atoms with E-state index in [1.807, 2.05) is 0 Å². The van der Waals surface area contributed by atoms with Crippen molar-refractivity contribution in [3.63, 3.8) is 0 Å². The molecule has 0 aromatic heterocycles. The van der Waals surface area contributed by atoms with Crippen LogP contribution in [0.25, 0.3) is 0 Å². The normalized spacial score (nSPS) is 17.8. The van der Waals surface area contributed by atoms with E-state index >= 15 is 0 Å². The Morgan fingerprint density at radius 3 is 2.21 bits per heavy atom. The van der Waals surface area contributed by atoms with Crippen LogP contribution >= 0.6 is 35.4 Å². The summed E-state index contributed by atoms with van der Waals surface area (Å²) >= 11 is 9.26. The van der Waals surface area contributed by atoms with Gasteiger partial charge in [-0.3, -0.25) is 4.79 Å². The number of carboxylic acid groups (broad SMARTS) is 2. The molecule has 1 rings (SSSR count). The van der Waals surface area contributed by atoms with Crippen molar-refractivity contribution in [2.75, 3.05) is 5.75 Å². The molecule has 0 amide bonds. The summed E-state index contributed by atoms with van der Waals surface area (Å²) < 4.78 is 0. The monoisotopic (exact) mass is 462 g/mol. The number of thiol groups is 2. The summed E-state index contributed by atoms with van der Waals surface area (Å²) in [4.78, 5) is 20.3. The number of unbranched alkanes of at least 4 members (excludes halogenated alkanes) is 2. The first kappa shape index (κ1) is 24.5. The Balaban J connectivity index is 0.000000441. The molecule has 1 aliphatic heterocycles. The SMILES string of the molecule is O=C(O)CCCCC(S)CCS.O=C(O)CCCCC1CC[Se]S1. The molecule has 4 nitrogen and oxygen atoms in total. The van der Waals surface area contributed by atoms with Crippen LogP contribution in [-0.4, -0.2) is 52.2 Å². The van der Waals surface area contributed by atoms with E-state index in [9.17, 15) is 9.59 Å². The molecule has 24 heavy (non-hydrogen) atoms. The molecule has 1 saturated heterocycles. The molecular weight excluding hydrogens is 431 g/mol. The van der Waals surface area contributed by atoms with Gasteiger partial charge in [-0.2, -0.15) is 25.3 Å². The number of hydrogen-bond acceptors (Lipinski definition) is 5. The third kappa shape index (κ3) is 17.3. The van der Waals surface area contributed by atoms with Crippen LogP contribution in [0, 0.1) is 0 Å². The van der Waals surface area contributed by atoms with Crippen LogP contribution in [-0.2, 0) is 9.59 Å². The fraction of sp³-hybridized carbons (Fsp3) is 0.875. The summed E-state index contributed by atoms with van der Waals surface area (Å²) in [5.41, 5.74) is 0. The summed E-state index contributed by atoms with van der Waals surface area (Å²) in [6.07, 6.45) is 8.91. The molecule has 2 N–H and O–H groups in total. The molecule has 142 valence electrons. The van der Waals surface area contributed by atoms with Crippen molar-refractivity contribution in [3.05, 3.63) is 0 Å². The van der Waals surface area contributed by atoms with Gasteiger partial charge in [-0.25, -0.2) is 0 Å². The second-order valence-electron chi connectivity index (χ2n) is 5.77. The second-order valence-corrected chi connectivity index (χ2v) is 11.6. The fourth-order valence-corrected chi connectivity index (χ4v) is 8.42. The van der Waals surface area contributed by atoms with Crippen molar-refractivity contribution in [1.82, 2.24) is 0 Å². The van der Waals surface area contributed by atoms with Gasteiger partial charge in [-0.15, -0.1) is 0 Å². The Bertz CT molecular complexity index is 339. The van der Waals surface area contributed by atoms with Gasteiger partial charge in [-0.05, 0) is 25.0 Å². The maximum atomic E-state index is 10.2. The van der Waals surface area contributed by atoms with Crippen molar-refractivity contribution >= 4 is 61.2 Å². The van der Waals surface area contributed by atoms with Gasteiger partial charge in [0.25, 0.3) is 0 Å². The van der Waals surface area contributed by atoms with Gasteiger partial charge in [0.1, 0.15) is 0 Å². The summed E-state index contributed by atoms with van der Waals surface area (Å²) in [6.45, 7) is 0. The molecule has 1 heterocycles. The zero-order valence-corrected chi connectivity index (χ0v) is 18.4. The topological polar surface area (TPSA) is 74.6 Å². The van der Waals surface area contributed by atoms with E-state index in [0.29, 0.717) is 11.7 Å². The molecule has 0 spiro atoms. The number of hydrogen-bond donors (Lipinski definition) is 4. The second kappa shape index (κ2) is 17.0. The van der Waals surface area contributed by atoms with Crippen LogP contribution in [0.15, 0.2) is 0 Å². The molecular formula is C16H30O4S3Se. The van der Waals surface area contributed by atoms with Gasteiger partial charge < -0.3 is 5.11 Å². The Morgan fingerprint density at radius 2 is 1.71 bits per heavy atom. The predicted octanol–water partition coefficient (Wildman–Crippen LogP) is 4.42. The quantitative estimate of drug-likeness (QED) is 0.197. The third-order valence-electron chi connectivity index (χ3n) is 3.53. The Labute approximate surface area is 166 Å². The number of aliphatic carboxylic acids is 2. The van der Waals surface area contributed by atoms with Gasteiger partial charge in [0.2, 0.25) is 0 Å². The van der Waals surface area contributed by atoms with Crippen molar-refractivity contribution in [1.29, 1.82) is 0 Å². The van der Waals surface area contributed by atoms with E-state index in [0.717, 1.165) is 63.4 Å². The van der Waals surface area contributed by atoms with Crippen LogP contribution in [0.3, 0.4) is 0 Å². The van der Waals surface area contributed by atoms with Crippen molar-refractivity contribution < 1.29 is 19.8 Å². The van der Waals surface area contributed by atoms with E-state index in [1.165, 1.54) is 18.2 Å². The molecule has 0 aliphatic carbocycles. The van der Waals surface area contributed by atoms with E-state index in [1.54, 1.807) is 0 Å². The maximum absolute atomic E-state index is 10.2. The summed E-state index contributed by atoms with van der Waals surface area (Å²) in [7, 11) is 2.12. The van der Waals surface area contributed by atoms with Crippen LogP contribution in [0.4, 0.5) is 0 Å². The van der Waals surface area contributed by atoms with Gasteiger partial charge in [-0.1, -0.05) is 6.42 Å². The molecule has 0 aromatic carbocycles. The molecule has 0 saturated carbocycles. The van der Waals surface area contributed by atoms with Crippen LogP contribution in [0.2, 0.25) is 5.32 Å².